The van der Waals surface area contributed by atoms with E-state index in [0.29, 0.717) is 0 Å². The molecular weight excluding hydrogens is 376 g/mol. The Hall–Kier alpha value is -2.22. The van der Waals surface area contributed by atoms with Gasteiger partial charge in [0, 0.05) is 6.54 Å². The largest absolute Gasteiger partial charge is 0.336 e. The second-order valence-corrected chi connectivity index (χ2v) is 8.25. The molecule has 28 heavy (non-hydrogen) atoms. The van der Waals surface area contributed by atoms with E-state index in [9.17, 15) is 13.2 Å². The lowest BCUT2D eigenvalue weighted by Gasteiger charge is -2.45. The number of aryl methyl sites for hydroxylation is 1. The first-order valence-corrected chi connectivity index (χ1v) is 10.8. The zero-order valence-corrected chi connectivity index (χ0v) is 17.2. The number of carbonyl (C=O) groups excluding carboxylic acids is 1. The highest BCUT2D eigenvalue weighted by atomic mass is 32.2. The van der Waals surface area contributed by atoms with E-state index in [1.165, 1.54) is 17.7 Å². The van der Waals surface area contributed by atoms with Gasteiger partial charge in [0.05, 0.1) is 10.4 Å². The summed E-state index contributed by atoms with van der Waals surface area (Å²) in [5.41, 5.74) is 2.11. The van der Waals surface area contributed by atoms with Crippen molar-refractivity contribution in [1.82, 2.24) is 10.2 Å². The van der Waals surface area contributed by atoms with Crippen molar-refractivity contribution in [2.45, 2.75) is 37.1 Å². The number of piperidine rings is 1. The molecule has 0 spiro atoms. The molecule has 1 saturated heterocycles. The van der Waals surface area contributed by atoms with Crippen LogP contribution >= 0.6 is 0 Å². The van der Waals surface area contributed by atoms with Gasteiger partial charge < -0.3 is 10.2 Å². The van der Waals surface area contributed by atoms with E-state index in [4.69, 9.17) is 4.55 Å². The van der Waals surface area contributed by atoms with Gasteiger partial charge in [-0.3, -0.25) is 9.35 Å². The van der Waals surface area contributed by atoms with E-state index in [1.807, 2.05) is 24.8 Å². The molecule has 152 valence electrons. The minimum atomic E-state index is -4.02. The van der Waals surface area contributed by atoms with Crippen molar-refractivity contribution in [2.24, 2.45) is 0 Å². The van der Waals surface area contributed by atoms with E-state index in [-0.39, 0.29) is 10.4 Å². The van der Waals surface area contributed by atoms with Crippen molar-refractivity contribution in [3.63, 3.8) is 0 Å². The molecule has 1 heterocycles. The maximum absolute atomic E-state index is 11.3. The fourth-order valence-electron chi connectivity index (χ4n) is 3.52. The van der Waals surface area contributed by atoms with Crippen molar-refractivity contribution in [1.29, 1.82) is 0 Å². The molecule has 1 amide bonds. The second-order valence-electron chi connectivity index (χ2n) is 6.83. The molecule has 0 aliphatic carbocycles. The van der Waals surface area contributed by atoms with Gasteiger partial charge in [-0.15, -0.1) is 0 Å². The SMILES string of the molecule is CCN(C=O)C1(c2ccccc2)CCNCC1.Cc1ccc(S(=O)(=O)O)cc1. The standard InChI is InChI=1S/C14H20N2O.C7H8O3S/c1-2-16(12-17)14(8-10-15-11-9-14)13-6-4-3-5-7-13;1-6-2-4-7(5-3-6)11(8,9)10/h3-7,12,15H,2,8-11H2,1H3;2-5H,1H3,(H,8,9,10). The van der Waals surface area contributed by atoms with Gasteiger partial charge in [-0.1, -0.05) is 48.0 Å². The van der Waals surface area contributed by atoms with Crippen molar-refractivity contribution in [3.8, 4) is 0 Å². The first kappa shape index (κ1) is 22.1. The van der Waals surface area contributed by atoms with Gasteiger partial charge in [0.25, 0.3) is 10.1 Å². The number of nitrogens with zero attached hydrogens (tertiary/aromatic N) is 1. The van der Waals surface area contributed by atoms with Crippen LogP contribution in [0.15, 0.2) is 59.5 Å². The number of rotatable bonds is 5. The van der Waals surface area contributed by atoms with Crippen molar-refractivity contribution in [3.05, 3.63) is 65.7 Å². The van der Waals surface area contributed by atoms with Crippen LogP contribution in [-0.2, 0) is 20.5 Å². The average molecular weight is 405 g/mol. The lowest BCUT2D eigenvalue weighted by atomic mass is 9.80. The molecule has 2 aromatic carbocycles. The fourth-order valence-corrected chi connectivity index (χ4v) is 4.00. The lowest BCUT2D eigenvalue weighted by Crippen LogP contribution is -2.51. The molecule has 0 aromatic heterocycles. The second kappa shape index (κ2) is 9.82. The Morgan fingerprint density at radius 3 is 2.11 bits per heavy atom. The highest BCUT2D eigenvalue weighted by molar-refractivity contribution is 7.85. The molecule has 0 unspecified atom stereocenters. The molecule has 1 aliphatic rings. The van der Waals surface area contributed by atoms with E-state index in [2.05, 4.69) is 29.6 Å². The van der Waals surface area contributed by atoms with Crippen LogP contribution in [0.2, 0.25) is 0 Å². The van der Waals surface area contributed by atoms with Gasteiger partial charge in [0.15, 0.2) is 0 Å². The number of benzene rings is 2. The van der Waals surface area contributed by atoms with E-state index in [1.54, 1.807) is 12.1 Å². The summed E-state index contributed by atoms with van der Waals surface area (Å²) in [6.07, 6.45) is 2.98. The molecule has 1 fully saturated rings. The van der Waals surface area contributed by atoms with Crippen LogP contribution in [0.3, 0.4) is 0 Å². The average Bonchev–Trinajstić information content (AvgIpc) is 2.70. The zero-order chi connectivity index (χ0) is 20.6. The van der Waals surface area contributed by atoms with E-state index in [0.717, 1.165) is 44.4 Å². The van der Waals surface area contributed by atoms with Crippen LogP contribution in [0.5, 0.6) is 0 Å². The van der Waals surface area contributed by atoms with Crippen LogP contribution < -0.4 is 5.32 Å². The molecule has 0 saturated carbocycles. The smallest absolute Gasteiger partial charge is 0.294 e. The van der Waals surface area contributed by atoms with E-state index >= 15 is 0 Å². The third-order valence-corrected chi connectivity index (χ3v) is 5.95. The Morgan fingerprint density at radius 1 is 1.07 bits per heavy atom. The first-order chi connectivity index (χ1) is 13.3. The molecule has 2 N–H and O–H groups in total. The minimum absolute atomic E-state index is 0.0666. The van der Waals surface area contributed by atoms with Crippen LogP contribution in [0, 0.1) is 6.92 Å². The van der Waals surface area contributed by atoms with Crippen molar-refractivity contribution >= 4 is 16.5 Å². The Morgan fingerprint density at radius 2 is 1.64 bits per heavy atom. The molecular formula is C21H28N2O4S. The maximum atomic E-state index is 11.3. The zero-order valence-electron chi connectivity index (χ0n) is 16.3. The van der Waals surface area contributed by atoms with Crippen LogP contribution in [0.1, 0.15) is 30.9 Å². The minimum Gasteiger partial charge on any atom is -0.336 e. The topological polar surface area (TPSA) is 86.7 Å². The highest BCUT2D eigenvalue weighted by Crippen LogP contribution is 2.36. The summed E-state index contributed by atoms with van der Waals surface area (Å²) in [6.45, 7) is 6.59. The van der Waals surface area contributed by atoms with Crippen LogP contribution in [0.25, 0.3) is 0 Å². The molecule has 2 aromatic rings. The highest BCUT2D eigenvalue weighted by Gasteiger charge is 2.38. The molecule has 7 heteroatoms. The summed E-state index contributed by atoms with van der Waals surface area (Å²) < 4.78 is 29.6. The number of carbonyl (C=O) groups is 1. The quantitative estimate of drug-likeness (QED) is 0.591. The molecule has 3 rings (SSSR count). The number of amides is 1. The predicted octanol–water partition coefficient (Wildman–Crippen LogP) is 2.99. The van der Waals surface area contributed by atoms with Crippen LogP contribution in [-0.4, -0.2) is 43.9 Å². The van der Waals surface area contributed by atoms with Crippen LogP contribution in [0.4, 0.5) is 0 Å². The Labute approximate surface area is 167 Å². The van der Waals surface area contributed by atoms with Gasteiger partial charge in [-0.2, -0.15) is 8.42 Å². The normalized spacial score (nSPS) is 15.8. The van der Waals surface area contributed by atoms with Gasteiger partial charge in [-0.05, 0) is 57.5 Å². The Kier molecular flexibility index (Phi) is 7.74. The number of nitrogens with one attached hydrogen (secondary N) is 1. The fraction of sp³-hybridized carbons (Fsp3) is 0.381. The predicted molar refractivity (Wildman–Crippen MR) is 110 cm³/mol. The summed E-state index contributed by atoms with van der Waals surface area (Å²) in [7, 11) is -4.02. The maximum Gasteiger partial charge on any atom is 0.294 e. The Bertz CT molecular complexity index is 846. The van der Waals surface area contributed by atoms with Gasteiger partial charge in [-0.25, -0.2) is 0 Å². The third kappa shape index (κ3) is 5.41. The molecule has 1 aliphatic heterocycles. The molecule has 6 nitrogen and oxygen atoms in total. The van der Waals surface area contributed by atoms with Crippen molar-refractivity contribution < 1.29 is 17.8 Å². The number of hydrogen-bond donors (Lipinski definition) is 2. The van der Waals surface area contributed by atoms with Crippen molar-refractivity contribution in [2.75, 3.05) is 19.6 Å². The summed E-state index contributed by atoms with van der Waals surface area (Å²) >= 11 is 0. The summed E-state index contributed by atoms with van der Waals surface area (Å²) in [4.78, 5) is 13.2. The van der Waals surface area contributed by atoms with Gasteiger partial charge in [0.2, 0.25) is 6.41 Å². The van der Waals surface area contributed by atoms with E-state index < -0.39 is 10.1 Å². The number of hydrogen-bond acceptors (Lipinski definition) is 4. The first-order valence-electron chi connectivity index (χ1n) is 9.36. The molecule has 0 radical (unpaired) electrons. The summed E-state index contributed by atoms with van der Waals surface area (Å²) in [5.74, 6) is 0. The molecule has 0 bridgehead atoms. The van der Waals surface area contributed by atoms with Gasteiger partial charge >= 0.3 is 0 Å². The molecule has 0 atom stereocenters. The monoisotopic (exact) mass is 404 g/mol. The third-order valence-electron chi connectivity index (χ3n) is 5.08. The summed E-state index contributed by atoms with van der Waals surface area (Å²) in [6, 6.07) is 16.4. The Balaban J connectivity index is 0.000000221. The van der Waals surface area contributed by atoms with Gasteiger partial charge in [0.1, 0.15) is 0 Å². The summed E-state index contributed by atoms with van der Waals surface area (Å²) in [5, 5.41) is 3.37. The lowest BCUT2D eigenvalue weighted by molar-refractivity contribution is -0.125.